The lowest BCUT2D eigenvalue weighted by Gasteiger charge is -2.37. The largest absolute Gasteiger partial charge is 0.465 e. The van der Waals surface area contributed by atoms with Gasteiger partial charge in [-0.15, -0.1) is 0 Å². The number of carbonyl (C=O) groups excluding carboxylic acids is 2. The Morgan fingerprint density at radius 1 is 1.04 bits per heavy atom. The van der Waals surface area contributed by atoms with Gasteiger partial charge in [0.1, 0.15) is 0 Å². The molecular weight excluding hydrogens is 362 g/mol. The molecule has 0 aliphatic rings. The van der Waals surface area contributed by atoms with Crippen LogP contribution in [0.1, 0.15) is 46.7 Å². The van der Waals surface area contributed by atoms with Crippen molar-refractivity contribution in [2.24, 2.45) is 0 Å². The van der Waals surface area contributed by atoms with Crippen LogP contribution in [-0.2, 0) is 28.9 Å². The van der Waals surface area contributed by atoms with E-state index in [9.17, 15) is 9.59 Å². The predicted molar refractivity (Wildman–Crippen MR) is 107 cm³/mol. The van der Waals surface area contributed by atoms with Crippen LogP contribution in [-0.4, -0.2) is 45.1 Å². The van der Waals surface area contributed by atoms with E-state index >= 15 is 0 Å². The van der Waals surface area contributed by atoms with Crippen molar-refractivity contribution < 1.29 is 23.5 Å². The lowest BCUT2D eigenvalue weighted by Crippen LogP contribution is -2.49. The fourth-order valence-corrected chi connectivity index (χ4v) is 3.47. The maximum Gasteiger partial charge on any atom is 0.329 e. The molecule has 0 radical (unpaired) electrons. The van der Waals surface area contributed by atoms with Crippen molar-refractivity contribution in [2.45, 2.75) is 64.6 Å². The average molecular weight is 396 g/mol. The number of esters is 2. The van der Waals surface area contributed by atoms with Crippen molar-refractivity contribution >= 4 is 20.3 Å². The predicted octanol–water partition coefficient (Wildman–Crippen LogP) is 3.86. The molecule has 0 N–H and O–H groups in total. The highest BCUT2D eigenvalue weighted by Crippen LogP contribution is 2.38. The van der Waals surface area contributed by atoms with Crippen LogP contribution in [0.2, 0.25) is 18.1 Å². The number of rotatable bonds is 9. The molecule has 0 aromatic carbocycles. The molecule has 1 aromatic heterocycles. The van der Waals surface area contributed by atoms with Crippen LogP contribution in [0.5, 0.6) is 0 Å². The maximum absolute atomic E-state index is 12.9. The van der Waals surface area contributed by atoms with Crippen molar-refractivity contribution in [3.05, 3.63) is 30.1 Å². The van der Waals surface area contributed by atoms with Gasteiger partial charge in [-0.05, 0) is 44.1 Å². The summed E-state index contributed by atoms with van der Waals surface area (Å²) in [5.74, 6) is -1.30. The van der Waals surface area contributed by atoms with Crippen LogP contribution >= 0.6 is 0 Å². The first-order valence-corrected chi connectivity index (χ1v) is 12.3. The van der Waals surface area contributed by atoms with Gasteiger partial charge in [0, 0.05) is 19.2 Å². The molecule has 0 fully saturated rings. The van der Waals surface area contributed by atoms with Crippen LogP contribution in [0.25, 0.3) is 0 Å². The summed E-state index contributed by atoms with van der Waals surface area (Å²) >= 11 is 0. The molecule has 0 aliphatic heterocycles. The quantitative estimate of drug-likeness (QED) is 0.359. The SMILES string of the molecule is CCOC(=O)C(CCO[Si](C)(C)C(C)(C)C)(C(=O)OCC)c1ccccn1. The minimum Gasteiger partial charge on any atom is -0.465 e. The fourth-order valence-electron chi connectivity index (χ4n) is 2.42. The molecule has 0 spiro atoms. The number of nitrogens with zero attached hydrogens (tertiary/aromatic N) is 1. The van der Waals surface area contributed by atoms with Gasteiger partial charge >= 0.3 is 11.9 Å². The highest BCUT2D eigenvalue weighted by atomic mass is 28.4. The van der Waals surface area contributed by atoms with E-state index in [0.29, 0.717) is 5.69 Å². The average Bonchev–Trinajstić information content (AvgIpc) is 2.59. The molecule has 0 saturated carbocycles. The Kier molecular flexibility index (Phi) is 8.17. The first-order chi connectivity index (χ1) is 12.5. The highest BCUT2D eigenvalue weighted by Gasteiger charge is 2.52. The van der Waals surface area contributed by atoms with E-state index < -0.39 is 25.7 Å². The molecule has 1 heterocycles. The van der Waals surface area contributed by atoms with E-state index in [1.54, 1.807) is 38.2 Å². The van der Waals surface area contributed by atoms with E-state index in [0.717, 1.165) is 0 Å². The molecule has 7 heteroatoms. The number of aromatic nitrogens is 1. The molecule has 0 unspecified atom stereocenters. The van der Waals surface area contributed by atoms with Crippen molar-refractivity contribution in [3.63, 3.8) is 0 Å². The highest BCUT2D eigenvalue weighted by molar-refractivity contribution is 6.74. The monoisotopic (exact) mass is 395 g/mol. The number of carbonyl (C=O) groups is 2. The third-order valence-electron chi connectivity index (χ3n) is 5.10. The van der Waals surface area contributed by atoms with Crippen LogP contribution in [0, 0.1) is 0 Å². The third kappa shape index (κ3) is 5.39. The molecular formula is C20H33NO5Si. The first kappa shape index (κ1) is 23.3. The second-order valence-electron chi connectivity index (χ2n) is 7.92. The van der Waals surface area contributed by atoms with E-state index in [4.69, 9.17) is 13.9 Å². The Morgan fingerprint density at radius 2 is 1.59 bits per heavy atom. The summed E-state index contributed by atoms with van der Waals surface area (Å²) in [6.45, 7) is 14.7. The summed E-state index contributed by atoms with van der Waals surface area (Å²) < 4.78 is 16.7. The molecule has 1 rings (SSSR count). The number of pyridine rings is 1. The number of ether oxygens (including phenoxy) is 2. The summed E-state index contributed by atoms with van der Waals surface area (Å²) in [5, 5.41) is 0.0223. The Labute approximate surface area is 163 Å². The molecule has 6 nitrogen and oxygen atoms in total. The van der Waals surface area contributed by atoms with Gasteiger partial charge in [0.25, 0.3) is 0 Å². The van der Waals surface area contributed by atoms with Gasteiger partial charge in [-0.25, -0.2) is 0 Å². The van der Waals surface area contributed by atoms with Crippen molar-refractivity contribution in [1.82, 2.24) is 4.98 Å². The van der Waals surface area contributed by atoms with Crippen LogP contribution in [0.15, 0.2) is 24.4 Å². The van der Waals surface area contributed by atoms with Gasteiger partial charge < -0.3 is 13.9 Å². The Bertz CT molecular complexity index is 607. The standard InChI is InChI=1S/C20H33NO5Si/c1-8-24-17(22)20(18(23)25-9-2,16-12-10-11-14-21-16)13-15-26-27(6,7)19(3,4)5/h10-12,14H,8-9,13,15H2,1-7H3. The van der Waals surface area contributed by atoms with Crippen molar-refractivity contribution in [2.75, 3.05) is 19.8 Å². The zero-order valence-electron chi connectivity index (χ0n) is 17.6. The van der Waals surface area contributed by atoms with E-state index in [1.165, 1.54) is 0 Å². The first-order valence-electron chi connectivity index (χ1n) is 9.42. The normalized spacial score (nSPS) is 12.6. The van der Waals surface area contributed by atoms with E-state index in [1.807, 2.05) is 0 Å². The second-order valence-corrected chi connectivity index (χ2v) is 12.7. The summed E-state index contributed by atoms with van der Waals surface area (Å²) in [4.78, 5) is 30.1. The van der Waals surface area contributed by atoms with Gasteiger partial charge in [-0.2, -0.15) is 0 Å². The molecule has 0 bridgehead atoms. The van der Waals surface area contributed by atoms with Crippen molar-refractivity contribution in [3.8, 4) is 0 Å². The molecule has 152 valence electrons. The molecule has 0 aliphatic carbocycles. The zero-order valence-corrected chi connectivity index (χ0v) is 18.6. The van der Waals surface area contributed by atoms with Gasteiger partial charge in [0.15, 0.2) is 8.32 Å². The van der Waals surface area contributed by atoms with Gasteiger partial charge in [-0.1, -0.05) is 26.8 Å². The summed E-state index contributed by atoms with van der Waals surface area (Å²) in [7, 11) is -2.04. The minimum atomic E-state index is -2.04. The molecule has 0 saturated heterocycles. The topological polar surface area (TPSA) is 74.7 Å². The van der Waals surface area contributed by atoms with E-state index in [2.05, 4.69) is 38.8 Å². The minimum absolute atomic E-state index is 0.0223. The zero-order chi connectivity index (χ0) is 20.7. The van der Waals surface area contributed by atoms with Crippen LogP contribution in [0.4, 0.5) is 0 Å². The Hall–Kier alpha value is -1.73. The molecule has 27 heavy (non-hydrogen) atoms. The van der Waals surface area contributed by atoms with Crippen molar-refractivity contribution in [1.29, 1.82) is 0 Å². The Balaban J connectivity index is 3.27. The number of hydrogen-bond donors (Lipinski definition) is 0. The second kappa shape index (κ2) is 9.46. The number of hydrogen-bond acceptors (Lipinski definition) is 6. The third-order valence-corrected chi connectivity index (χ3v) is 9.63. The molecule has 0 amide bonds. The van der Waals surface area contributed by atoms with E-state index in [-0.39, 0.29) is 31.3 Å². The van der Waals surface area contributed by atoms with Gasteiger partial charge in [-0.3, -0.25) is 14.6 Å². The smallest absolute Gasteiger partial charge is 0.329 e. The Morgan fingerprint density at radius 3 is 2.00 bits per heavy atom. The van der Waals surface area contributed by atoms with Gasteiger partial charge in [0.2, 0.25) is 5.41 Å². The summed E-state index contributed by atoms with van der Waals surface area (Å²) in [6.07, 6.45) is 1.67. The van der Waals surface area contributed by atoms with Crippen LogP contribution < -0.4 is 0 Å². The summed E-state index contributed by atoms with van der Waals surface area (Å²) in [6, 6.07) is 5.13. The van der Waals surface area contributed by atoms with Gasteiger partial charge in [0.05, 0.1) is 18.9 Å². The lowest BCUT2D eigenvalue weighted by atomic mass is 9.80. The summed E-state index contributed by atoms with van der Waals surface area (Å²) in [5.41, 5.74) is -1.31. The lowest BCUT2D eigenvalue weighted by molar-refractivity contribution is -0.166. The molecule has 0 atom stereocenters. The maximum atomic E-state index is 12.9. The van der Waals surface area contributed by atoms with Crippen LogP contribution in [0.3, 0.4) is 0 Å². The molecule has 1 aromatic rings. The fraction of sp³-hybridized carbons (Fsp3) is 0.650.